The number of nitrogens with zero attached hydrogens (tertiary/aromatic N) is 2. The highest BCUT2D eigenvalue weighted by atomic mass is 15.2. The summed E-state index contributed by atoms with van der Waals surface area (Å²) in [6, 6.07) is 8.00. The predicted molar refractivity (Wildman–Crippen MR) is 78.4 cm³/mol. The zero-order valence-electron chi connectivity index (χ0n) is 11.5. The Bertz CT molecular complexity index is 512. The Labute approximate surface area is 114 Å². The fraction of sp³-hybridized carbons (Fsp3) is 0.467. The molecule has 3 N–H and O–H groups in total. The van der Waals surface area contributed by atoms with E-state index in [9.17, 15) is 0 Å². The molecule has 4 nitrogen and oxygen atoms in total. The fourth-order valence-corrected chi connectivity index (χ4v) is 2.23. The third-order valence-electron chi connectivity index (χ3n) is 3.37. The van der Waals surface area contributed by atoms with E-state index in [2.05, 4.69) is 22.3 Å². The molecule has 0 fully saturated rings. The van der Waals surface area contributed by atoms with Gasteiger partial charge in [0.2, 0.25) is 0 Å². The second-order valence-corrected chi connectivity index (χ2v) is 4.85. The molecule has 4 heteroatoms. The van der Waals surface area contributed by atoms with Crippen molar-refractivity contribution in [3.05, 3.63) is 36.2 Å². The van der Waals surface area contributed by atoms with Crippen molar-refractivity contribution >= 4 is 11.0 Å². The summed E-state index contributed by atoms with van der Waals surface area (Å²) in [5, 5.41) is 0. The lowest BCUT2D eigenvalue weighted by Crippen LogP contribution is -2.28. The van der Waals surface area contributed by atoms with Crippen molar-refractivity contribution in [2.24, 2.45) is 5.84 Å². The van der Waals surface area contributed by atoms with Gasteiger partial charge in [-0.15, -0.1) is 0 Å². The number of unbranched alkanes of at least 4 members (excludes halogenated alkanes) is 3. The summed E-state index contributed by atoms with van der Waals surface area (Å²) in [6.45, 7) is 2.22. The molecule has 1 heterocycles. The number of aromatic nitrogens is 2. The maximum atomic E-state index is 5.65. The lowest BCUT2D eigenvalue weighted by atomic mass is 10.1. The summed E-state index contributed by atoms with van der Waals surface area (Å²) >= 11 is 0. The first-order valence-electron chi connectivity index (χ1n) is 7.03. The number of hydrogen-bond acceptors (Lipinski definition) is 4. The molecule has 1 aromatic carbocycles. The molecule has 1 aromatic heterocycles. The molecule has 1 unspecified atom stereocenters. The van der Waals surface area contributed by atoms with Gasteiger partial charge in [-0.1, -0.05) is 44.7 Å². The maximum Gasteiger partial charge on any atom is 0.0890 e. The lowest BCUT2D eigenvalue weighted by molar-refractivity contribution is 0.473. The molecule has 0 saturated carbocycles. The molecule has 0 radical (unpaired) electrons. The first-order valence-corrected chi connectivity index (χ1v) is 7.03. The SMILES string of the molecule is CCCCCCC(NN)c1cnc2ccccc2n1. The first-order chi connectivity index (χ1) is 9.35. The third-order valence-corrected chi connectivity index (χ3v) is 3.37. The summed E-state index contributed by atoms with van der Waals surface area (Å²) in [6.07, 6.45) is 7.76. The number of hydrazine groups is 1. The summed E-state index contributed by atoms with van der Waals surface area (Å²) in [5.41, 5.74) is 5.63. The van der Waals surface area contributed by atoms with Crippen LogP contribution >= 0.6 is 0 Å². The van der Waals surface area contributed by atoms with Crippen LogP contribution in [0.4, 0.5) is 0 Å². The third kappa shape index (κ3) is 3.72. The van der Waals surface area contributed by atoms with Gasteiger partial charge in [-0.05, 0) is 18.6 Å². The van der Waals surface area contributed by atoms with Gasteiger partial charge >= 0.3 is 0 Å². The number of para-hydroxylation sites is 2. The molecular formula is C15H22N4. The number of nitrogens with one attached hydrogen (secondary N) is 1. The van der Waals surface area contributed by atoms with Gasteiger partial charge in [0.1, 0.15) is 0 Å². The minimum absolute atomic E-state index is 0.0916. The molecule has 2 aromatic rings. The molecule has 2 rings (SSSR count). The van der Waals surface area contributed by atoms with Gasteiger partial charge in [0, 0.05) is 0 Å². The van der Waals surface area contributed by atoms with E-state index in [1.54, 1.807) is 0 Å². The smallest absolute Gasteiger partial charge is 0.0890 e. The Kier molecular flexibility index (Phi) is 5.24. The molecule has 0 saturated heterocycles. The van der Waals surface area contributed by atoms with E-state index in [-0.39, 0.29) is 6.04 Å². The van der Waals surface area contributed by atoms with E-state index in [4.69, 9.17) is 5.84 Å². The summed E-state index contributed by atoms with van der Waals surface area (Å²) < 4.78 is 0. The zero-order chi connectivity index (χ0) is 13.5. The number of rotatable bonds is 7. The van der Waals surface area contributed by atoms with Gasteiger partial charge in [-0.2, -0.15) is 0 Å². The van der Waals surface area contributed by atoms with E-state index < -0.39 is 0 Å². The Hall–Kier alpha value is -1.52. The minimum Gasteiger partial charge on any atom is -0.271 e. The van der Waals surface area contributed by atoms with Gasteiger partial charge < -0.3 is 0 Å². The predicted octanol–water partition coefficient (Wildman–Crippen LogP) is 3.10. The molecule has 0 bridgehead atoms. The van der Waals surface area contributed by atoms with Crippen molar-refractivity contribution in [3.63, 3.8) is 0 Å². The quantitative estimate of drug-likeness (QED) is 0.455. The second-order valence-electron chi connectivity index (χ2n) is 4.85. The van der Waals surface area contributed by atoms with E-state index in [1.807, 2.05) is 30.5 Å². The molecular weight excluding hydrogens is 236 g/mol. The standard InChI is InChI=1S/C15H22N4/c1-2-3-4-5-10-14(19-16)15-11-17-12-8-6-7-9-13(12)18-15/h6-9,11,14,19H,2-5,10,16H2,1H3. The molecule has 19 heavy (non-hydrogen) atoms. The van der Waals surface area contributed by atoms with E-state index >= 15 is 0 Å². The highest BCUT2D eigenvalue weighted by Gasteiger charge is 2.11. The molecule has 102 valence electrons. The van der Waals surface area contributed by atoms with E-state index in [0.717, 1.165) is 29.6 Å². The van der Waals surface area contributed by atoms with Crippen LogP contribution in [0.5, 0.6) is 0 Å². The normalized spacial score (nSPS) is 12.7. The van der Waals surface area contributed by atoms with E-state index in [1.165, 1.54) is 19.3 Å². The van der Waals surface area contributed by atoms with Crippen LogP contribution in [0.1, 0.15) is 50.8 Å². The van der Waals surface area contributed by atoms with Crippen LogP contribution in [-0.2, 0) is 0 Å². The Morgan fingerprint density at radius 3 is 2.68 bits per heavy atom. The highest BCUT2D eigenvalue weighted by molar-refractivity contribution is 5.73. The van der Waals surface area contributed by atoms with Crippen molar-refractivity contribution in [1.82, 2.24) is 15.4 Å². The van der Waals surface area contributed by atoms with Crippen LogP contribution in [0.25, 0.3) is 11.0 Å². The summed E-state index contributed by atoms with van der Waals surface area (Å²) in [4.78, 5) is 9.08. The molecule has 1 atom stereocenters. The van der Waals surface area contributed by atoms with Crippen LogP contribution in [0.3, 0.4) is 0 Å². The van der Waals surface area contributed by atoms with E-state index in [0.29, 0.717) is 0 Å². The van der Waals surface area contributed by atoms with Crippen molar-refractivity contribution in [1.29, 1.82) is 0 Å². The van der Waals surface area contributed by atoms with Gasteiger partial charge in [0.05, 0.1) is 29.0 Å². The Morgan fingerprint density at radius 2 is 1.95 bits per heavy atom. The number of nitrogens with two attached hydrogens (primary N) is 1. The topological polar surface area (TPSA) is 63.8 Å². The van der Waals surface area contributed by atoms with Crippen molar-refractivity contribution in [3.8, 4) is 0 Å². The van der Waals surface area contributed by atoms with Crippen LogP contribution in [0, 0.1) is 0 Å². The Balaban J connectivity index is 2.07. The van der Waals surface area contributed by atoms with Crippen LogP contribution in [0.2, 0.25) is 0 Å². The second kappa shape index (κ2) is 7.16. The largest absolute Gasteiger partial charge is 0.271 e. The van der Waals surface area contributed by atoms with Gasteiger partial charge in [-0.25, -0.2) is 4.98 Å². The number of hydrogen-bond donors (Lipinski definition) is 2. The molecule has 0 amide bonds. The van der Waals surface area contributed by atoms with Crippen molar-refractivity contribution < 1.29 is 0 Å². The average molecular weight is 258 g/mol. The van der Waals surface area contributed by atoms with Gasteiger partial charge in [-0.3, -0.25) is 16.3 Å². The monoisotopic (exact) mass is 258 g/mol. The van der Waals surface area contributed by atoms with Crippen LogP contribution < -0.4 is 11.3 Å². The van der Waals surface area contributed by atoms with Gasteiger partial charge in [0.25, 0.3) is 0 Å². The van der Waals surface area contributed by atoms with Crippen molar-refractivity contribution in [2.45, 2.75) is 45.1 Å². The highest BCUT2D eigenvalue weighted by Crippen LogP contribution is 2.19. The number of fused-ring (bicyclic) bond motifs is 1. The maximum absolute atomic E-state index is 5.65. The fourth-order valence-electron chi connectivity index (χ4n) is 2.23. The zero-order valence-corrected chi connectivity index (χ0v) is 11.5. The average Bonchev–Trinajstić information content (AvgIpc) is 2.47. The number of benzene rings is 1. The molecule has 0 aliphatic rings. The summed E-state index contributed by atoms with van der Waals surface area (Å²) in [5.74, 6) is 5.65. The first kappa shape index (κ1) is 13.9. The molecule has 0 aliphatic carbocycles. The van der Waals surface area contributed by atoms with Crippen LogP contribution in [0.15, 0.2) is 30.5 Å². The molecule has 0 spiro atoms. The van der Waals surface area contributed by atoms with Crippen molar-refractivity contribution in [2.75, 3.05) is 0 Å². The lowest BCUT2D eigenvalue weighted by Gasteiger charge is -2.15. The summed E-state index contributed by atoms with van der Waals surface area (Å²) in [7, 11) is 0. The van der Waals surface area contributed by atoms with Gasteiger partial charge in [0.15, 0.2) is 0 Å². The Morgan fingerprint density at radius 1 is 1.16 bits per heavy atom. The minimum atomic E-state index is 0.0916. The molecule has 0 aliphatic heterocycles. The van der Waals surface area contributed by atoms with Crippen LogP contribution in [-0.4, -0.2) is 9.97 Å².